The molecule has 0 spiro atoms. The summed E-state index contributed by atoms with van der Waals surface area (Å²) in [6, 6.07) is 6.18. The molecule has 0 aliphatic heterocycles. The Bertz CT molecular complexity index is 543. The Morgan fingerprint density at radius 2 is 2.24 bits per heavy atom. The summed E-state index contributed by atoms with van der Waals surface area (Å²) >= 11 is 1.07. The molecular formula is C10H9FN4OS. The van der Waals surface area contributed by atoms with Crippen molar-refractivity contribution in [1.82, 2.24) is 10.1 Å². The average molecular weight is 252 g/mol. The molecule has 7 heteroatoms. The zero-order valence-electron chi connectivity index (χ0n) is 8.68. The highest BCUT2D eigenvalue weighted by molar-refractivity contribution is 8.12. The molecule has 0 amide bonds. The van der Waals surface area contributed by atoms with Crippen molar-refractivity contribution in [3.63, 3.8) is 0 Å². The molecule has 1 aromatic carbocycles. The first kappa shape index (κ1) is 11.6. The molecule has 0 aliphatic carbocycles. The van der Waals surface area contributed by atoms with Crippen LogP contribution in [0.4, 0.5) is 4.39 Å². The van der Waals surface area contributed by atoms with E-state index in [1.54, 1.807) is 18.2 Å². The van der Waals surface area contributed by atoms with Gasteiger partial charge in [-0.2, -0.15) is 4.98 Å². The van der Waals surface area contributed by atoms with Crippen molar-refractivity contribution in [1.29, 1.82) is 5.41 Å². The number of nitrogens with zero attached hydrogens (tertiary/aromatic N) is 2. The van der Waals surface area contributed by atoms with Crippen molar-refractivity contribution in [2.24, 2.45) is 5.73 Å². The molecule has 5 nitrogen and oxygen atoms in total. The minimum absolute atomic E-state index is 0.0318. The van der Waals surface area contributed by atoms with E-state index in [1.807, 2.05) is 0 Å². The lowest BCUT2D eigenvalue weighted by Gasteiger charge is -1.94. The Morgan fingerprint density at radius 3 is 2.94 bits per heavy atom. The summed E-state index contributed by atoms with van der Waals surface area (Å²) in [7, 11) is 0. The predicted octanol–water partition coefficient (Wildman–Crippen LogP) is 2.00. The maximum atomic E-state index is 13.4. The summed E-state index contributed by atoms with van der Waals surface area (Å²) in [6.07, 6.45) is 0. The van der Waals surface area contributed by atoms with Gasteiger partial charge in [-0.05, 0) is 12.1 Å². The molecule has 0 atom stereocenters. The van der Waals surface area contributed by atoms with Crippen LogP contribution >= 0.6 is 11.8 Å². The average Bonchev–Trinajstić information content (AvgIpc) is 2.75. The van der Waals surface area contributed by atoms with E-state index in [4.69, 9.17) is 15.7 Å². The van der Waals surface area contributed by atoms with E-state index >= 15 is 0 Å². The summed E-state index contributed by atoms with van der Waals surface area (Å²) in [5.41, 5.74) is 5.47. The zero-order valence-corrected chi connectivity index (χ0v) is 9.50. The van der Waals surface area contributed by atoms with Crippen LogP contribution in [0.25, 0.3) is 11.4 Å². The smallest absolute Gasteiger partial charge is 0.237 e. The number of hydrogen-bond acceptors (Lipinski definition) is 5. The quantitative estimate of drug-likeness (QED) is 0.644. The molecular weight excluding hydrogens is 243 g/mol. The summed E-state index contributed by atoms with van der Waals surface area (Å²) in [4.78, 5) is 4.02. The third kappa shape index (κ3) is 2.82. The maximum absolute atomic E-state index is 13.4. The Kier molecular flexibility index (Phi) is 3.38. The summed E-state index contributed by atoms with van der Waals surface area (Å²) in [5.74, 6) is 0.404. The molecule has 0 unspecified atom stereocenters. The highest BCUT2D eigenvalue weighted by atomic mass is 32.2. The molecule has 17 heavy (non-hydrogen) atoms. The summed E-state index contributed by atoms with van der Waals surface area (Å²) in [6.45, 7) is 0. The van der Waals surface area contributed by atoms with Crippen molar-refractivity contribution in [2.45, 2.75) is 5.75 Å². The fraction of sp³-hybridized carbons (Fsp3) is 0.100. The third-order valence-corrected chi connectivity index (χ3v) is 2.64. The van der Waals surface area contributed by atoms with Crippen LogP contribution in [0.3, 0.4) is 0 Å². The van der Waals surface area contributed by atoms with Gasteiger partial charge in [0.15, 0.2) is 5.17 Å². The number of hydrogen-bond donors (Lipinski definition) is 2. The van der Waals surface area contributed by atoms with E-state index in [1.165, 1.54) is 6.07 Å². The standard InChI is InChI=1S/C10H9FN4OS/c11-7-4-2-1-3-6(7)9-14-8(16-15-9)5-17-10(12)13/h1-4H,5H2,(H3,12,13). The van der Waals surface area contributed by atoms with Crippen LogP contribution in [0.2, 0.25) is 0 Å². The minimum Gasteiger partial charge on any atom is -0.379 e. The third-order valence-electron chi connectivity index (χ3n) is 1.93. The van der Waals surface area contributed by atoms with Gasteiger partial charge in [0.1, 0.15) is 5.82 Å². The molecule has 0 radical (unpaired) electrons. The number of nitrogens with two attached hydrogens (primary N) is 1. The fourth-order valence-corrected chi connectivity index (χ4v) is 1.60. The van der Waals surface area contributed by atoms with Crippen LogP contribution in [0.5, 0.6) is 0 Å². The number of thioether (sulfide) groups is 1. The molecule has 0 aliphatic rings. The van der Waals surface area contributed by atoms with Crippen LogP contribution in [-0.2, 0) is 5.75 Å². The van der Waals surface area contributed by atoms with E-state index in [-0.39, 0.29) is 16.6 Å². The van der Waals surface area contributed by atoms with Gasteiger partial charge in [0.2, 0.25) is 11.7 Å². The Hall–Kier alpha value is -1.89. The SMILES string of the molecule is N=C(N)SCc1nc(-c2ccccc2F)no1. The number of amidine groups is 1. The van der Waals surface area contributed by atoms with E-state index < -0.39 is 5.82 Å². The second-order valence-electron chi connectivity index (χ2n) is 3.14. The first-order valence-corrected chi connectivity index (χ1v) is 5.69. The van der Waals surface area contributed by atoms with E-state index in [0.29, 0.717) is 11.6 Å². The maximum Gasteiger partial charge on any atom is 0.237 e. The molecule has 0 fully saturated rings. The lowest BCUT2D eigenvalue weighted by molar-refractivity contribution is 0.391. The van der Waals surface area contributed by atoms with Gasteiger partial charge in [-0.25, -0.2) is 4.39 Å². The minimum atomic E-state index is -0.404. The van der Waals surface area contributed by atoms with Gasteiger partial charge in [0.25, 0.3) is 0 Å². The van der Waals surface area contributed by atoms with Gasteiger partial charge in [-0.15, -0.1) is 0 Å². The second kappa shape index (κ2) is 4.96. The van der Waals surface area contributed by atoms with E-state index in [9.17, 15) is 4.39 Å². The number of nitrogens with one attached hydrogen (secondary N) is 1. The van der Waals surface area contributed by atoms with Crippen molar-refractivity contribution in [3.8, 4) is 11.4 Å². The highest BCUT2D eigenvalue weighted by Crippen LogP contribution is 2.20. The lowest BCUT2D eigenvalue weighted by Crippen LogP contribution is -2.03. The van der Waals surface area contributed by atoms with Gasteiger partial charge in [0.05, 0.1) is 11.3 Å². The first-order chi connectivity index (χ1) is 8.16. The van der Waals surface area contributed by atoms with E-state index in [0.717, 1.165) is 11.8 Å². The fourth-order valence-electron chi connectivity index (χ4n) is 1.20. The molecule has 0 bridgehead atoms. The normalized spacial score (nSPS) is 10.4. The molecule has 2 aromatic rings. The van der Waals surface area contributed by atoms with Crippen molar-refractivity contribution in [3.05, 3.63) is 36.0 Å². The largest absolute Gasteiger partial charge is 0.379 e. The second-order valence-corrected chi connectivity index (χ2v) is 4.16. The monoisotopic (exact) mass is 252 g/mol. The van der Waals surface area contributed by atoms with Crippen molar-refractivity contribution >= 4 is 16.9 Å². The molecule has 1 heterocycles. The van der Waals surface area contributed by atoms with E-state index in [2.05, 4.69) is 10.1 Å². The number of rotatable bonds is 3. The predicted molar refractivity (Wildman–Crippen MR) is 62.9 cm³/mol. The Balaban J connectivity index is 2.18. The summed E-state index contributed by atoms with van der Waals surface area (Å²) < 4.78 is 18.3. The zero-order chi connectivity index (χ0) is 12.3. The molecule has 88 valence electrons. The summed E-state index contributed by atoms with van der Waals surface area (Å²) in [5, 5.41) is 10.7. The van der Waals surface area contributed by atoms with Crippen molar-refractivity contribution in [2.75, 3.05) is 0 Å². The van der Waals surface area contributed by atoms with Crippen LogP contribution in [-0.4, -0.2) is 15.3 Å². The Morgan fingerprint density at radius 1 is 1.47 bits per heavy atom. The van der Waals surface area contributed by atoms with Gasteiger partial charge in [-0.3, -0.25) is 5.41 Å². The highest BCUT2D eigenvalue weighted by Gasteiger charge is 2.12. The number of aromatic nitrogens is 2. The van der Waals surface area contributed by atoms with Gasteiger partial charge in [-0.1, -0.05) is 29.1 Å². The Labute approximate surface area is 101 Å². The van der Waals surface area contributed by atoms with Crippen molar-refractivity contribution < 1.29 is 8.91 Å². The molecule has 3 N–H and O–H groups in total. The van der Waals surface area contributed by atoms with Crippen LogP contribution in [0, 0.1) is 11.2 Å². The van der Waals surface area contributed by atoms with Crippen LogP contribution in [0.15, 0.2) is 28.8 Å². The van der Waals surface area contributed by atoms with Crippen LogP contribution < -0.4 is 5.73 Å². The lowest BCUT2D eigenvalue weighted by atomic mass is 10.2. The molecule has 0 saturated carbocycles. The van der Waals surface area contributed by atoms with Gasteiger partial charge in [0, 0.05) is 0 Å². The van der Waals surface area contributed by atoms with Gasteiger partial charge >= 0.3 is 0 Å². The van der Waals surface area contributed by atoms with Crippen LogP contribution in [0.1, 0.15) is 5.89 Å². The number of halogens is 1. The van der Waals surface area contributed by atoms with Gasteiger partial charge < -0.3 is 10.3 Å². The molecule has 2 rings (SSSR count). The molecule has 1 aromatic heterocycles. The first-order valence-electron chi connectivity index (χ1n) is 4.71. The molecule has 0 saturated heterocycles. The topological polar surface area (TPSA) is 88.8 Å². The number of benzene rings is 1.